The molecule has 8 nitrogen and oxygen atoms in total. The van der Waals surface area contributed by atoms with E-state index in [2.05, 4.69) is 11.1 Å². The number of aliphatic hydroxyl groups excluding tert-OH is 1. The third-order valence-electron chi connectivity index (χ3n) is 8.50. The minimum Gasteiger partial charge on any atom is -0.481 e. The third kappa shape index (κ3) is 3.61. The minimum atomic E-state index is -2.84. The number of ether oxygens (including phenoxy) is 2. The number of methoxy groups -OCH3 is 1. The van der Waals surface area contributed by atoms with Crippen LogP contribution in [0.1, 0.15) is 40.3 Å². The number of halogens is 2. The van der Waals surface area contributed by atoms with Crippen LogP contribution in [0.5, 0.6) is 11.6 Å². The Balaban J connectivity index is 1.62. The number of aliphatic hydroxyl groups is 2. The highest BCUT2D eigenvalue weighted by Crippen LogP contribution is 2.69. The van der Waals surface area contributed by atoms with Crippen LogP contribution >= 0.6 is 0 Å². The normalized spacial score (nSPS) is 30.1. The number of aromatic nitrogens is 1. The average Bonchev–Trinajstić information content (AvgIpc) is 3.51. The number of fused-ring (bicyclic) bond motifs is 3. The minimum absolute atomic E-state index is 0.00393. The zero-order chi connectivity index (χ0) is 28.3. The fourth-order valence-electron chi connectivity index (χ4n) is 6.89. The fraction of sp³-hybridized carbons (Fsp3) is 0.367. The number of rotatable bonds is 5. The first-order chi connectivity index (χ1) is 19.2. The Bertz CT molecular complexity index is 1540. The Hall–Kier alpha value is -4.09. The summed E-state index contributed by atoms with van der Waals surface area (Å²) in [6.45, 7) is -0.233. The van der Waals surface area contributed by atoms with E-state index in [0.717, 1.165) is 5.56 Å². The summed E-state index contributed by atoms with van der Waals surface area (Å²) in [4.78, 5) is 5.84. The van der Waals surface area contributed by atoms with E-state index in [0.29, 0.717) is 11.1 Å². The molecule has 5 atom stereocenters. The van der Waals surface area contributed by atoms with Crippen molar-refractivity contribution in [3.05, 3.63) is 88.6 Å². The molecular weight excluding hydrogens is 518 g/mol. The Morgan fingerprint density at radius 2 is 1.85 bits per heavy atom. The van der Waals surface area contributed by atoms with Gasteiger partial charge in [0.1, 0.15) is 17.5 Å². The number of nitriles is 2. The quantitative estimate of drug-likeness (QED) is 0.501. The van der Waals surface area contributed by atoms with Crippen molar-refractivity contribution in [2.75, 3.05) is 26.7 Å². The Labute approximate surface area is 229 Å². The van der Waals surface area contributed by atoms with Crippen LogP contribution in [-0.4, -0.2) is 58.9 Å². The maximum atomic E-state index is 14.2. The molecule has 3 aliphatic rings. The van der Waals surface area contributed by atoms with Crippen molar-refractivity contribution in [1.29, 1.82) is 10.5 Å². The van der Waals surface area contributed by atoms with Crippen molar-refractivity contribution in [2.45, 2.75) is 35.6 Å². The van der Waals surface area contributed by atoms with Crippen LogP contribution in [0.25, 0.3) is 0 Å². The highest BCUT2D eigenvalue weighted by molar-refractivity contribution is 5.60. The number of benzene rings is 2. The topological polar surface area (TPSA) is 123 Å². The lowest BCUT2D eigenvalue weighted by molar-refractivity contribution is -0.152. The first-order valence-electron chi connectivity index (χ1n) is 12.9. The number of nitrogens with zero attached hydrogens (tertiary/aromatic N) is 4. The molecule has 0 unspecified atom stereocenters. The van der Waals surface area contributed by atoms with Crippen LogP contribution in [-0.2, 0) is 11.2 Å². The summed E-state index contributed by atoms with van der Waals surface area (Å²) in [5, 5.41) is 44.0. The Kier molecular flexibility index (Phi) is 6.04. The van der Waals surface area contributed by atoms with E-state index < -0.39 is 41.6 Å². The molecule has 2 aliphatic heterocycles. The molecule has 2 aromatic carbocycles. The standard InChI is InChI=1S/C30H26F2N4O4/c1-39-27-25-23(13-21(15-34)35-27)40-30(20-9-7-18(14-33)8-10-20)24(19-5-3-2-4-6-19)22(26(37)29(25,30)38)16-36-12-11-28(31,32)17-36/h2-10,13,22,24,26,37-38H,11-12,16-17H2,1H3/t22-,24-,26-,29+,30+/m1/s1. The molecule has 2 fully saturated rings. The molecule has 1 saturated carbocycles. The lowest BCUT2D eigenvalue weighted by Crippen LogP contribution is -2.52. The Morgan fingerprint density at radius 1 is 1.12 bits per heavy atom. The molecule has 0 amide bonds. The molecule has 204 valence electrons. The second-order valence-electron chi connectivity index (χ2n) is 10.6. The molecule has 0 radical (unpaired) electrons. The van der Waals surface area contributed by atoms with Crippen molar-refractivity contribution in [2.24, 2.45) is 5.92 Å². The maximum absolute atomic E-state index is 14.2. The predicted octanol–water partition coefficient (Wildman–Crippen LogP) is 3.42. The molecule has 0 bridgehead atoms. The van der Waals surface area contributed by atoms with Gasteiger partial charge in [-0.25, -0.2) is 13.8 Å². The van der Waals surface area contributed by atoms with E-state index in [1.807, 2.05) is 36.4 Å². The molecule has 10 heteroatoms. The van der Waals surface area contributed by atoms with Gasteiger partial charge < -0.3 is 19.7 Å². The van der Waals surface area contributed by atoms with Gasteiger partial charge in [0, 0.05) is 37.4 Å². The first kappa shape index (κ1) is 26.1. The van der Waals surface area contributed by atoms with E-state index in [9.17, 15) is 29.5 Å². The van der Waals surface area contributed by atoms with Gasteiger partial charge in [0.2, 0.25) is 5.88 Å². The van der Waals surface area contributed by atoms with Crippen molar-refractivity contribution in [3.8, 4) is 23.8 Å². The number of alkyl halides is 2. The van der Waals surface area contributed by atoms with Crippen molar-refractivity contribution in [3.63, 3.8) is 0 Å². The molecule has 3 heterocycles. The van der Waals surface area contributed by atoms with Crippen LogP contribution in [0.3, 0.4) is 0 Å². The number of hydrogen-bond donors (Lipinski definition) is 2. The SMILES string of the molecule is COc1nc(C#N)cc2c1[C@]1(O)[C@H](O)[C@H](CN3CCC(F)(F)C3)[C@@H](c3ccccc3)[C@]1(c1ccc(C#N)cc1)O2. The number of likely N-dealkylation sites (tertiary alicyclic amines) is 1. The Morgan fingerprint density at radius 3 is 2.45 bits per heavy atom. The van der Waals surface area contributed by atoms with Crippen LogP contribution in [0.2, 0.25) is 0 Å². The van der Waals surface area contributed by atoms with E-state index in [1.165, 1.54) is 13.2 Å². The van der Waals surface area contributed by atoms with Gasteiger partial charge in [-0.15, -0.1) is 0 Å². The monoisotopic (exact) mass is 544 g/mol. The third-order valence-corrected chi connectivity index (χ3v) is 8.50. The molecule has 1 aliphatic carbocycles. The van der Waals surface area contributed by atoms with Gasteiger partial charge in [0.25, 0.3) is 5.92 Å². The van der Waals surface area contributed by atoms with E-state index >= 15 is 0 Å². The second-order valence-corrected chi connectivity index (χ2v) is 10.6. The first-order valence-corrected chi connectivity index (χ1v) is 12.9. The smallest absolute Gasteiger partial charge is 0.261 e. The summed E-state index contributed by atoms with van der Waals surface area (Å²) < 4.78 is 40.6. The summed E-state index contributed by atoms with van der Waals surface area (Å²) >= 11 is 0. The summed E-state index contributed by atoms with van der Waals surface area (Å²) in [5.74, 6) is -4.29. The molecule has 40 heavy (non-hydrogen) atoms. The van der Waals surface area contributed by atoms with E-state index in [-0.39, 0.29) is 42.4 Å². The van der Waals surface area contributed by atoms with Gasteiger partial charge in [-0.1, -0.05) is 42.5 Å². The zero-order valence-corrected chi connectivity index (χ0v) is 21.6. The van der Waals surface area contributed by atoms with Crippen LogP contribution in [0.4, 0.5) is 8.78 Å². The van der Waals surface area contributed by atoms with E-state index in [1.54, 1.807) is 29.2 Å². The van der Waals surface area contributed by atoms with Crippen LogP contribution < -0.4 is 9.47 Å². The van der Waals surface area contributed by atoms with Gasteiger partial charge in [0.05, 0.1) is 37.0 Å². The molecule has 1 aromatic heterocycles. The molecule has 3 aromatic rings. The maximum Gasteiger partial charge on any atom is 0.261 e. The summed E-state index contributed by atoms with van der Waals surface area (Å²) in [5.41, 5.74) is -2.19. The highest BCUT2D eigenvalue weighted by Gasteiger charge is 2.77. The molecule has 1 saturated heterocycles. The second kappa shape index (κ2) is 9.24. The van der Waals surface area contributed by atoms with Crippen molar-refractivity contribution >= 4 is 0 Å². The van der Waals surface area contributed by atoms with Crippen LogP contribution in [0, 0.1) is 28.6 Å². The lowest BCUT2D eigenvalue weighted by atomic mass is 9.70. The van der Waals surface area contributed by atoms with Crippen molar-refractivity contribution < 1.29 is 28.5 Å². The highest BCUT2D eigenvalue weighted by atomic mass is 19.3. The number of pyridine rings is 1. The molecular formula is C30H26F2N4O4. The summed E-state index contributed by atoms with van der Waals surface area (Å²) in [7, 11) is 1.34. The fourth-order valence-corrected chi connectivity index (χ4v) is 6.89. The lowest BCUT2D eigenvalue weighted by Gasteiger charge is -2.41. The largest absolute Gasteiger partial charge is 0.481 e. The van der Waals surface area contributed by atoms with Gasteiger partial charge in [-0.05, 0) is 23.3 Å². The van der Waals surface area contributed by atoms with Gasteiger partial charge >= 0.3 is 0 Å². The predicted molar refractivity (Wildman–Crippen MR) is 138 cm³/mol. The molecule has 2 N–H and O–H groups in total. The molecule has 0 spiro atoms. The molecule has 6 rings (SSSR count). The number of hydrogen-bond acceptors (Lipinski definition) is 8. The zero-order valence-electron chi connectivity index (χ0n) is 21.6. The summed E-state index contributed by atoms with van der Waals surface area (Å²) in [6, 6.07) is 21.1. The van der Waals surface area contributed by atoms with Gasteiger partial charge in [-0.3, -0.25) is 4.90 Å². The van der Waals surface area contributed by atoms with Crippen molar-refractivity contribution in [1.82, 2.24) is 9.88 Å². The van der Waals surface area contributed by atoms with Crippen LogP contribution in [0.15, 0.2) is 60.7 Å². The average molecular weight is 545 g/mol. The van der Waals surface area contributed by atoms with Gasteiger partial charge in [-0.2, -0.15) is 10.5 Å². The summed E-state index contributed by atoms with van der Waals surface area (Å²) in [6.07, 6.45) is -1.79. The van der Waals surface area contributed by atoms with Gasteiger partial charge in [0.15, 0.2) is 11.2 Å². The van der Waals surface area contributed by atoms with E-state index in [4.69, 9.17) is 9.47 Å².